The maximum atomic E-state index is 16.4. The fourth-order valence-electron chi connectivity index (χ4n) is 16.1. The number of likely N-dealkylation sites (tertiary alicyclic amines) is 1. The number of nitrogens with zero attached hydrogens (tertiary/aromatic N) is 9. The number of carbonyl (C=O) groups is 15. The first-order chi connectivity index (χ1) is 60.9. The third-order valence-electron chi connectivity index (χ3n) is 22.9. The number of hydrogen-bond acceptors (Lipinski definition) is 25. The second kappa shape index (κ2) is 52.2. The van der Waals surface area contributed by atoms with Gasteiger partial charge in [-0.1, -0.05) is 77.3 Å². The van der Waals surface area contributed by atoms with E-state index < -0.39 is 175 Å². The molecule has 0 spiro atoms. The lowest BCUT2D eigenvalue weighted by Crippen LogP contribution is -2.62. The van der Waals surface area contributed by atoms with E-state index in [0.717, 1.165) is 26.5 Å². The molecule has 0 aliphatic carbocycles. The molecule has 23 N–H and O–H groups in total. The summed E-state index contributed by atoms with van der Waals surface area (Å²) in [5, 5.41) is 87.4. The van der Waals surface area contributed by atoms with Gasteiger partial charge >= 0.3 is 5.97 Å². The summed E-state index contributed by atoms with van der Waals surface area (Å²) in [6, 6.07) is -8.83. The van der Waals surface area contributed by atoms with Crippen molar-refractivity contribution in [3.05, 3.63) is 64.6 Å². The molecular formula is C80H125N27O18S2. The van der Waals surface area contributed by atoms with E-state index in [0.29, 0.717) is 63.0 Å². The van der Waals surface area contributed by atoms with Gasteiger partial charge in [0.25, 0.3) is 0 Å². The van der Waals surface area contributed by atoms with E-state index in [1.54, 1.807) is 54.0 Å². The molecule has 7 heterocycles. The predicted octanol–water partition coefficient (Wildman–Crippen LogP) is -4.05. The van der Waals surface area contributed by atoms with Crippen LogP contribution in [-0.2, 0) is 84.8 Å². The van der Waals surface area contributed by atoms with Crippen LogP contribution in [0.2, 0.25) is 0 Å². The maximum absolute atomic E-state index is 16.4. The molecular weight excluding hydrogens is 1690 g/mol. The number of carboxylic acids is 1. The van der Waals surface area contributed by atoms with Crippen molar-refractivity contribution in [2.24, 2.45) is 22.5 Å². The summed E-state index contributed by atoms with van der Waals surface area (Å²) >= 11 is 0. The number of rotatable bonds is 40. The van der Waals surface area contributed by atoms with Crippen molar-refractivity contribution < 1.29 is 87.2 Å². The van der Waals surface area contributed by atoms with Gasteiger partial charge in [0.1, 0.15) is 72.7 Å². The van der Waals surface area contributed by atoms with E-state index in [1.165, 1.54) is 22.3 Å². The van der Waals surface area contributed by atoms with Gasteiger partial charge < -0.3 is 116 Å². The highest BCUT2D eigenvalue weighted by molar-refractivity contribution is 8.76. The van der Waals surface area contributed by atoms with Gasteiger partial charge in [-0.05, 0) is 126 Å². The summed E-state index contributed by atoms with van der Waals surface area (Å²) < 4.78 is 0. The normalized spacial score (nSPS) is 23.4. The number of aliphatic carboxylic acids is 1. The number of unbranched alkanes of at least 4 members (excludes halogenated alkanes) is 3. The molecule has 2 bridgehead atoms. The van der Waals surface area contributed by atoms with E-state index in [1.807, 2.05) is 0 Å². The van der Waals surface area contributed by atoms with Gasteiger partial charge in [-0.25, -0.2) is 9.78 Å². The number of hydrogen-bond donors (Lipinski definition) is 21. The molecule has 700 valence electrons. The zero-order chi connectivity index (χ0) is 92.1. The first-order valence-electron chi connectivity index (χ1n) is 43.5. The zero-order valence-corrected chi connectivity index (χ0v) is 73.5. The van der Waals surface area contributed by atoms with Crippen LogP contribution < -0.4 is 80.6 Å². The van der Waals surface area contributed by atoms with Crippen LogP contribution in [0.5, 0.6) is 0 Å². The standard InChI is InChI=1S/C80H125N27O18S2/c1-47(2)36-56(98-68(114)52(19-11-28-88-79(81)82)95-74(120)61-23-15-33-106(61)76(122)55(20-12-29-89-80(83)84)97-70(116)54-25-26-63(109)93-54)71(117)101-59-45-127-126-44-58(72(118)99-57(78(124)125)37-48-16-5-3-6-17-48)100-69(115)53-21-13-32-107(77(59)123)62(38-49-39-86-46-91-49)75(121)94-51(67(113)90-40-66(112)105-31-14-22-60(105)73(119)96-53)18-8-10-27-87-64(110)42-103-34-35-104(41-50(103)43-108)65(111)24-7-4-9-30-92-102-85/h3,5-6,16-17,39,46-47,50-62,66,108,112H,4,7-15,18-38,40-45H2,1-2H3,(H,86,91)(H,87,110)(H,90,113)(H,93,109)(H,94,121)(H,95,120)(H,96,119)(H,97,116)(H,98,114)(H,99,118)(H,100,115)(H,101,117)(H,124,125)(H4,81,82,88)(H4,83,84,89)/t50?,51-,52-,53-,54-,55-,56-,57-,58-,59-,60-,61-,62-,66?/m0/s1. The lowest BCUT2D eigenvalue weighted by Gasteiger charge is -2.40. The molecule has 127 heavy (non-hydrogen) atoms. The number of carbonyl (C=O) groups excluding carboxylic acids is 14. The summed E-state index contributed by atoms with van der Waals surface area (Å²) in [7, 11) is 1.84. The van der Waals surface area contributed by atoms with Crippen molar-refractivity contribution in [2.75, 3.05) is 96.6 Å². The number of H-pyrrole nitrogens is 1. The lowest BCUT2D eigenvalue weighted by molar-refractivity contribution is -0.144. The maximum Gasteiger partial charge on any atom is 0.326 e. The molecule has 2 unspecified atom stereocenters. The van der Waals surface area contributed by atoms with Gasteiger partial charge in [0.05, 0.1) is 38.1 Å². The van der Waals surface area contributed by atoms with Gasteiger partial charge in [0.15, 0.2) is 11.9 Å². The average molecular weight is 1820 g/mol. The molecule has 6 aliphatic rings. The number of azide groups is 1. The number of fused-ring (bicyclic) bond motifs is 5. The fourth-order valence-corrected chi connectivity index (χ4v) is 18.4. The highest BCUT2D eigenvalue weighted by Crippen LogP contribution is 2.28. The number of nitrogens with two attached hydrogens (primary N) is 2. The van der Waals surface area contributed by atoms with Crippen LogP contribution in [0, 0.1) is 16.7 Å². The van der Waals surface area contributed by atoms with Crippen LogP contribution in [0.15, 0.2) is 48.0 Å². The van der Waals surface area contributed by atoms with Crippen molar-refractivity contribution in [1.82, 2.24) is 104 Å². The van der Waals surface area contributed by atoms with Gasteiger partial charge in [0.2, 0.25) is 82.7 Å². The highest BCUT2D eigenvalue weighted by atomic mass is 33.1. The lowest BCUT2D eigenvalue weighted by atomic mass is 10.0. The Hall–Kier alpha value is -11.1. The number of aromatic amines is 1. The summed E-state index contributed by atoms with van der Waals surface area (Å²) in [5.74, 6) is -13.2. The predicted molar refractivity (Wildman–Crippen MR) is 466 cm³/mol. The molecule has 0 saturated carbocycles. The molecule has 6 aliphatic heterocycles. The van der Waals surface area contributed by atoms with Crippen molar-refractivity contribution in [3.8, 4) is 0 Å². The summed E-state index contributed by atoms with van der Waals surface area (Å²) in [4.78, 5) is 234. The first kappa shape index (κ1) is 101. The minimum absolute atomic E-state index is 0.0230. The Balaban J connectivity index is 1.10. The minimum Gasteiger partial charge on any atom is -0.480 e. The number of nitrogens with one attached hydrogen (secondary N) is 16. The largest absolute Gasteiger partial charge is 0.480 e. The smallest absolute Gasteiger partial charge is 0.326 e. The minimum atomic E-state index is -1.68. The van der Waals surface area contributed by atoms with Crippen LogP contribution in [0.4, 0.5) is 0 Å². The summed E-state index contributed by atoms with van der Waals surface area (Å²) in [6.07, 6.45) is 4.02. The quantitative estimate of drug-likeness (QED) is 0.00574. The number of aliphatic hydroxyl groups is 2. The third kappa shape index (κ3) is 32.6. The number of carboxylic acid groups (broad SMARTS) is 1. The van der Waals surface area contributed by atoms with Crippen LogP contribution in [0.3, 0.4) is 0 Å². The Morgan fingerprint density at radius 2 is 1.39 bits per heavy atom. The number of guanidine groups is 2. The summed E-state index contributed by atoms with van der Waals surface area (Å²) in [5.41, 5.74) is 20.6. The van der Waals surface area contributed by atoms with Gasteiger partial charge in [0, 0.05) is 119 Å². The second-order valence-corrected chi connectivity index (χ2v) is 35.4. The van der Waals surface area contributed by atoms with Crippen molar-refractivity contribution in [3.63, 3.8) is 0 Å². The summed E-state index contributed by atoms with van der Waals surface area (Å²) in [6.45, 7) is 3.77. The molecule has 1 aromatic heterocycles. The third-order valence-corrected chi connectivity index (χ3v) is 25.3. The molecule has 45 nitrogen and oxygen atoms in total. The Labute approximate surface area is 743 Å². The Morgan fingerprint density at radius 1 is 0.701 bits per heavy atom. The average Bonchev–Trinajstić information content (AvgIpc) is 1.81. The number of imidazole rings is 1. The van der Waals surface area contributed by atoms with Crippen LogP contribution >= 0.6 is 21.6 Å². The van der Waals surface area contributed by atoms with E-state index in [4.69, 9.17) is 27.8 Å². The molecule has 0 radical (unpaired) electrons. The van der Waals surface area contributed by atoms with E-state index >= 15 is 24.0 Å². The molecule has 14 amide bonds. The van der Waals surface area contributed by atoms with Crippen molar-refractivity contribution >= 4 is 122 Å². The molecule has 1 aromatic carbocycles. The number of amides is 14. The molecule has 14 atom stereocenters. The zero-order valence-electron chi connectivity index (χ0n) is 71.8. The number of aromatic nitrogens is 2. The number of β-amino-alcohol motifs (C(OH)–C–C–N with tert-alkyl or cyclic N) is 1. The van der Waals surface area contributed by atoms with Gasteiger partial charge in [-0.2, -0.15) is 0 Å². The molecule has 8 rings (SSSR count). The fraction of sp³-hybridized carbons (Fsp3) is 0.675. The topological polar surface area (TPSA) is 667 Å². The molecule has 6 saturated heterocycles. The van der Waals surface area contributed by atoms with E-state index in [-0.39, 0.29) is 203 Å². The number of aliphatic hydroxyl groups excluding tert-OH is 2. The highest BCUT2D eigenvalue weighted by Gasteiger charge is 2.45. The second-order valence-electron chi connectivity index (χ2n) is 32.9. The molecule has 2 aromatic rings. The Kier molecular flexibility index (Phi) is 41.6. The van der Waals surface area contributed by atoms with Crippen molar-refractivity contribution in [1.29, 1.82) is 10.8 Å². The number of benzene rings is 1. The monoisotopic (exact) mass is 1820 g/mol. The van der Waals surface area contributed by atoms with Crippen molar-refractivity contribution in [2.45, 2.75) is 240 Å². The van der Waals surface area contributed by atoms with Crippen LogP contribution in [0.25, 0.3) is 10.4 Å². The Bertz CT molecular complexity index is 4150. The molecule has 6 fully saturated rings. The number of piperazine rings is 1. The Morgan fingerprint density at radius 3 is 2.08 bits per heavy atom. The van der Waals surface area contributed by atoms with Crippen LogP contribution in [-0.4, -0.2) is 332 Å². The van der Waals surface area contributed by atoms with Gasteiger partial charge in [-0.3, -0.25) is 87.7 Å². The van der Waals surface area contributed by atoms with Crippen LogP contribution in [0.1, 0.15) is 154 Å². The molecule has 47 heteroatoms. The van der Waals surface area contributed by atoms with E-state index in [2.05, 4.69) is 89.1 Å². The van der Waals surface area contributed by atoms with E-state index in [9.17, 15) is 63.3 Å². The SMILES string of the molecule is CC(C)C[C@H](NC(=O)[C@H](CCCNC(=N)N)NC(=O)[C@@H]1CCCN1C(=O)[C@H](CCCNC(=N)N)NC(=O)[C@@H]1CCC(=O)N1)C(=O)N[C@H]1CSSC[C@@H](C(=O)N[C@@H](Cc2ccccc2)C(=O)O)NC(=O)[C@@H]2CCCN(C1=O)[C@@H](Cc1cnc[nH]1)C(=O)N[C@@H](CCCCNC(=O)CN1CCN(C(=O)CCCCCN=[N+]=[N-])CC1CO)C(=O)NCC(O)N1CCC[C@H]1C(=O)N2. The first-order valence-corrected chi connectivity index (χ1v) is 46.0. The van der Waals surface area contributed by atoms with Gasteiger partial charge in [-0.15, -0.1) is 0 Å².